The summed E-state index contributed by atoms with van der Waals surface area (Å²) in [7, 11) is 0. The van der Waals surface area contributed by atoms with Crippen molar-refractivity contribution in [3.8, 4) is 0 Å². The largest absolute Gasteiger partial charge is 0.458 e. The summed E-state index contributed by atoms with van der Waals surface area (Å²) < 4.78 is 16.9. The second-order valence-electron chi connectivity index (χ2n) is 5.91. The van der Waals surface area contributed by atoms with Crippen LogP contribution in [0.5, 0.6) is 0 Å². The van der Waals surface area contributed by atoms with Gasteiger partial charge in [0.05, 0.1) is 12.2 Å². The van der Waals surface area contributed by atoms with Crippen molar-refractivity contribution in [2.75, 3.05) is 0 Å². The van der Waals surface area contributed by atoms with E-state index in [0.29, 0.717) is 12.8 Å². The van der Waals surface area contributed by atoms with Gasteiger partial charge in [0.15, 0.2) is 0 Å². The van der Waals surface area contributed by atoms with E-state index in [1.165, 1.54) is 6.92 Å². The standard InChI is InChI=1S/C16H20O5/c1-9-11-5-3-4-6-12(20-11)15(9)16(19-10(2)17)13-7-8-14(18)21-13/h3-6,9,11-13,15-16H,7-8H2,1-2H3/t9-,11-,12+,13+,15-,16-/m1/s1. The number of esters is 2. The molecule has 3 heterocycles. The van der Waals surface area contributed by atoms with Crippen LogP contribution >= 0.6 is 0 Å². The third-order valence-corrected chi connectivity index (χ3v) is 4.50. The van der Waals surface area contributed by atoms with Gasteiger partial charge in [-0.2, -0.15) is 0 Å². The molecule has 2 fully saturated rings. The van der Waals surface area contributed by atoms with Gasteiger partial charge in [0, 0.05) is 19.3 Å². The summed E-state index contributed by atoms with van der Waals surface area (Å²) in [5, 5.41) is 0. The zero-order valence-corrected chi connectivity index (χ0v) is 12.2. The highest BCUT2D eigenvalue weighted by Crippen LogP contribution is 2.41. The van der Waals surface area contributed by atoms with Crippen LogP contribution in [0.25, 0.3) is 0 Å². The van der Waals surface area contributed by atoms with Gasteiger partial charge in [-0.15, -0.1) is 0 Å². The topological polar surface area (TPSA) is 61.8 Å². The van der Waals surface area contributed by atoms with Crippen molar-refractivity contribution >= 4 is 11.9 Å². The highest BCUT2D eigenvalue weighted by molar-refractivity contribution is 5.72. The van der Waals surface area contributed by atoms with Crippen molar-refractivity contribution in [2.45, 2.75) is 51.1 Å². The average Bonchev–Trinajstić information content (AvgIpc) is 2.86. The Balaban J connectivity index is 1.85. The molecule has 21 heavy (non-hydrogen) atoms. The molecule has 0 saturated carbocycles. The number of carbonyl (C=O) groups is 2. The summed E-state index contributed by atoms with van der Waals surface area (Å²) in [5.74, 6) is -0.385. The van der Waals surface area contributed by atoms with Crippen LogP contribution in [0.1, 0.15) is 26.7 Å². The van der Waals surface area contributed by atoms with Gasteiger partial charge in [0.1, 0.15) is 12.2 Å². The second kappa shape index (κ2) is 5.64. The van der Waals surface area contributed by atoms with Gasteiger partial charge >= 0.3 is 11.9 Å². The summed E-state index contributed by atoms with van der Waals surface area (Å²) >= 11 is 0. The maximum absolute atomic E-state index is 11.5. The summed E-state index contributed by atoms with van der Waals surface area (Å²) in [6.07, 6.45) is 7.98. The zero-order chi connectivity index (χ0) is 15.0. The fraction of sp³-hybridized carbons (Fsp3) is 0.625. The Bertz CT molecular complexity index is 495. The minimum Gasteiger partial charge on any atom is -0.458 e. The maximum Gasteiger partial charge on any atom is 0.306 e. The highest BCUT2D eigenvalue weighted by atomic mass is 16.6. The van der Waals surface area contributed by atoms with Crippen LogP contribution in [0.3, 0.4) is 0 Å². The van der Waals surface area contributed by atoms with Crippen LogP contribution in [0.2, 0.25) is 0 Å². The number of hydrogen-bond donors (Lipinski definition) is 0. The number of rotatable bonds is 3. The van der Waals surface area contributed by atoms with Gasteiger partial charge in [0.25, 0.3) is 0 Å². The Morgan fingerprint density at radius 2 is 2.05 bits per heavy atom. The molecule has 5 nitrogen and oxygen atoms in total. The summed E-state index contributed by atoms with van der Waals surface area (Å²) in [5.41, 5.74) is 0. The monoisotopic (exact) mass is 292 g/mol. The molecule has 3 aliphatic heterocycles. The Kier molecular flexibility index (Phi) is 3.85. The number of carbonyl (C=O) groups excluding carboxylic acids is 2. The maximum atomic E-state index is 11.5. The number of allylic oxidation sites excluding steroid dienone is 2. The fourth-order valence-electron chi connectivity index (χ4n) is 3.51. The molecule has 5 heteroatoms. The van der Waals surface area contributed by atoms with Crippen LogP contribution in [0, 0.1) is 11.8 Å². The van der Waals surface area contributed by atoms with E-state index in [1.54, 1.807) is 0 Å². The van der Waals surface area contributed by atoms with Gasteiger partial charge in [-0.25, -0.2) is 0 Å². The van der Waals surface area contributed by atoms with Crippen molar-refractivity contribution in [2.24, 2.45) is 11.8 Å². The van der Waals surface area contributed by atoms with Crippen LogP contribution in [0.15, 0.2) is 24.3 Å². The molecule has 114 valence electrons. The summed E-state index contributed by atoms with van der Waals surface area (Å²) in [4.78, 5) is 22.9. The van der Waals surface area contributed by atoms with E-state index in [0.717, 1.165) is 0 Å². The second-order valence-corrected chi connectivity index (χ2v) is 5.91. The fourth-order valence-corrected chi connectivity index (χ4v) is 3.51. The average molecular weight is 292 g/mol. The predicted octanol–water partition coefficient (Wildman–Crippen LogP) is 1.77. The van der Waals surface area contributed by atoms with Crippen LogP contribution in [-0.2, 0) is 23.8 Å². The molecule has 0 amide bonds. The number of fused-ring (bicyclic) bond motifs is 2. The van der Waals surface area contributed by atoms with Gasteiger partial charge < -0.3 is 14.2 Å². The van der Waals surface area contributed by atoms with Crippen LogP contribution < -0.4 is 0 Å². The van der Waals surface area contributed by atoms with Gasteiger partial charge in [-0.05, 0) is 12.3 Å². The molecule has 3 rings (SSSR count). The molecule has 0 aliphatic carbocycles. The van der Waals surface area contributed by atoms with Crippen LogP contribution in [-0.4, -0.2) is 36.4 Å². The zero-order valence-electron chi connectivity index (χ0n) is 12.2. The minimum absolute atomic E-state index is 0.00370. The number of hydrogen-bond acceptors (Lipinski definition) is 5. The Labute approximate surface area is 123 Å². The SMILES string of the molecule is CC(=O)O[C@@H]([C@@H]1[C@H](C)[C@H]2C=CC=C[C@@H]1O2)[C@@H]1CCC(=O)O1. The first-order chi connectivity index (χ1) is 10.1. The van der Waals surface area contributed by atoms with Crippen LogP contribution in [0.4, 0.5) is 0 Å². The van der Waals surface area contributed by atoms with E-state index < -0.39 is 6.10 Å². The lowest BCUT2D eigenvalue weighted by atomic mass is 9.80. The molecule has 6 atom stereocenters. The Hall–Kier alpha value is -1.62. The van der Waals surface area contributed by atoms with Crippen molar-refractivity contribution < 1.29 is 23.8 Å². The quantitative estimate of drug-likeness (QED) is 0.742. The first-order valence-corrected chi connectivity index (χ1v) is 7.43. The first kappa shape index (κ1) is 14.3. The normalized spacial score (nSPS) is 39.0. The molecule has 0 aromatic rings. The van der Waals surface area contributed by atoms with Crippen molar-refractivity contribution in [1.29, 1.82) is 0 Å². The van der Waals surface area contributed by atoms with E-state index in [4.69, 9.17) is 14.2 Å². The molecule has 0 aromatic carbocycles. The third-order valence-electron chi connectivity index (χ3n) is 4.50. The Morgan fingerprint density at radius 1 is 1.33 bits per heavy atom. The molecule has 2 bridgehead atoms. The van der Waals surface area contributed by atoms with Gasteiger partial charge in [-0.3, -0.25) is 9.59 Å². The Morgan fingerprint density at radius 3 is 2.67 bits per heavy atom. The summed E-state index contributed by atoms with van der Waals surface area (Å²) in [6, 6.07) is 0. The molecular formula is C16H20O5. The molecule has 0 aromatic heterocycles. The minimum atomic E-state index is -0.449. The van der Waals surface area contributed by atoms with E-state index in [9.17, 15) is 9.59 Å². The van der Waals surface area contributed by atoms with Crippen molar-refractivity contribution in [3.05, 3.63) is 24.3 Å². The smallest absolute Gasteiger partial charge is 0.306 e. The lowest BCUT2D eigenvalue weighted by molar-refractivity contribution is -0.166. The summed E-state index contributed by atoms with van der Waals surface area (Å²) in [6.45, 7) is 3.48. The predicted molar refractivity (Wildman–Crippen MR) is 74.3 cm³/mol. The first-order valence-electron chi connectivity index (χ1n) is 7.43. The van der Waals surface area contributed by atoms with E-state index >= 15 is 0 Å². The molecule has 0 spiro atoms. The third kappa shape index (κ3) is 2.75. The number of ether oxygens (including phenoxy) is 3. The van der Waals surface area contributed by atoms with Gasteiger partial charge in [-0.1, -0.05) is 31.2 Å². The molecule has 0 unspecified atom stereocenters. The van der Waals surface area contributed by atoms with Crippen molar-refractivity contribution in [3.63, 3.8) is 0 Å². The molecular weight excluding hydrogens is 272 g/mol. The lowest BCUT2D eigenvalue weighted by Crippen LogP contribution is -2.43. The highest BCUT2D eigenvalue weighted by Gasteiger charge is 2.50. The molecule has 3 aliphatic rings. The van der Waals surface area contributed by atoms with E-state index in [2.05, 4.69) is 6.92 Å². The van der Waals surface area contributed by atoms with E-state index in [-0.39, 0.29) is 42.1 Å². The lowest BCUT2D eigenvalue weighted by Gasteiger charge is -2.32. The molecule has 2 saturated heterocycles. The van der Waals surface area contributed by atoms with E-state index in [1.807, 2.05) is 24.3 Å². The molecule has 0 radical (unpaired) electrons. The van der Waals surface area contributed by atoms with Gasteiger partial charge in [0.2, 0.25) is 0 Å². The number of cyclic esters (lactones) is 1. The van der Waals surface area contributed by atoms with Crippen molar-refractivity contribution in [1.82, 2.24) is 0 Å². The molecule has 0 N–H and O–H groups in total.